The predicted molar refractivity (Wildman–Crippen MR) is 111 cm³/mol. The summed E-state index contributed by atoms with van der Waals surface area (Å²) in [5.74, 6) is 2.91. The minimum Gasteiger partial charge on any atom is -0.496 e. The first kappa shape index (κ1) is 19.5. The lowest BCUT2D eigenvalue weighted by Gasteiger charge is -2.11. The molecule has 0 atom stereocenters. The third-order valence-corrected chi connectivity index (χ3v) is 4.21. The molecule has 6 heteroatoms. The number of rotatable bonds is 7. The zero-order chi connectivity index (χ0) is 19.8. The van der Waals surface area contributed by atoms with E-state index in [1.54, 1.807) is 13.3 Å². The molecular weight excluding hydrogens is 352 g/mol. The molecule has 0 bridgehead atoms. The van der Waals surface area contributed by atoms with Gasteiger partial charge in [-0.1, -0.05) is 42.5 Å². The average molecular weight is 378 g/mol. The van der Waals surface area contributed by atoms with E-state index in [0.29, 0.717) is 24.9 Å². The fraction of sp³-hybridized carbons (Fsp3) is 0.273. The topological polar surface area (TPSA) is 71.7 Å². The fourth-order valence-corrected chi connectivity index (χ4v) is 2.78. The number of guanidine groups is 1. The molecule has 28 heavy (non-hydrogen) atoms. The molecule has 0 aliphatic rings. The van der Waals surface area contributed by atoms with E-state index in [1.165, 1.54) is 0 Å². The van der Waals surface area contributed by atoms with Gasteiger partial charge in [-0.2, -0.15) is 0 Å². The third kappa shape index (κ3) is 5.13. The third-order valence-electron chi connectivity index (χ3n) is 4.21. The van der Waals surface area contributed by atoms with Gasteiger partial charge in [-0.15, -0.1) is 0 Å². The van der Waals surface area contributed by atoms with Crippen molar-refractivity contribution in [1.82, 2.24) is 15.6 Å². The summed E-state index contributed by atoms with van der Waals surface area (Å²) in [5, 5.41) is 6.50. The molecule has 1 heterocycles. The van der Waals surface area contributed by atoms with Crippen molar-refractivity contribution in [3.63, 3.8) is 0 Å². The van der Waals surface area contributed by atoms with Crippen LogP contribution in [0.1, 0.15) is 23.9 Å². The van der Waals surface area contributed by atoms with Crippen LogP contribution in [0.3, 0.4) is 0 Å². The zero-order valence-electron chi connectivity index (χ0n) is 16.5. The summed E-state index contributed by atoms with van der Waals surface area (Å²) in [6.45, 7) is 5.80. The molecule has 0 aliphatic carbocycles. The first-order chi connectivity index (χ1) is 13.7. The van der Waals surface area contributed by atoms with Crippen LogP contribution in [0.5, 0.6) is 5.75 Å². The van der Waals surface area contributed by atoms with E-state index in [4.69, 9.17) is 9.15 Å². The maximum Gasteiger partial charge on any atom is 0.214 e. The van der Waals surface area contributed by atoms with Crippen LogP contribution in [0.15, 0.2) is 64.1 Å². The first-order valence-corrected chi connectivity index (χ1v) is 9.35. The molecule has 0 saturated carbocycles. The quantitative estimate of drug-likeness (QED) is 0.482. The van der Waals surface area contributed by atoms with Crippen molar-refractivity contribution < 1.29 is 9.15 Å². The molecule has 3 aromatic rings. The van der Waals surface area contributed by atoms with Crippen molar-refractivity contribution in [2.45, 2.75) is 26.9 Å². The molecule has 0 radical (unpaired) electrons. The van der Waals surface area contributed by atoms with Crippen LogP contribution >= 0.6 is 0 Å². The predicted octanol–water partition coefficient (Wildman–Crippen LogP) is 3.91. The van der Waals surface area contributed by atoms with E-state index in [9.17, 15) is 0 Å². The Hall–Kier alpha value is -3.28. The van der Waals surface area contributed by atoms with Gasteiger partial charge in [0, 0.05) is 17.7 Å². The zero-order valence-corrected chi connectivity index (χ0v) is 16.5. The van der Waals surface area contributed by atoms with Crippen LogP contribution in [-0.2, 0) is 13.1 Å². The number of aryl methyl sites for hydroxylation is 1. The smallest absolute Gasteiger partial charge is 0.214 e. The molecule has 6 nitrogen and oxygen atoms in total. The van der Waals surface area contributed by atoms with E-state index < -0.39 is 0 Å². The number of nitrogens with zero attached hydrogens (tertiary/aromatic N) is 2. The van der Waals surface area contributed by atoms with E-state index in [-0.39, 0.29) is 0 Å². The Kier molecular flexibility index (Phi) is 6.68. The van der Waals surface area contributed by atoms with E-state index in [1.807, 2.05) is 56.3 Å². The van der Waals surface area contributed by atoms with Crippen molar-refractivity contribution in [1.29, 1.82) is 0 Å². The van der Waals surface area contributed by atoms with Gasteiger partial charge < -0.3 is 19.8 Å². The van der Waals surface area contributed by atoms with Crippen LogP contribution in [0.25, 0.3) is 11.3 Å². The minimum atomic E-state index is 0.448. The lowest BCUT2D eigenvalue weighted by molar-refractivity contribution is 0.409. The second-order valence-corrected chi connectivity index (χ2v) is 6.35. The molecule has 146 valence electrons. The normalized spacial score (nSPS) is 11.3. The van der Waals surface area contributed by atoms with Gasteiger partial charge in [0.05, 0.1) is 26.4 Å². The summed E-state index contributed by atoms with van der Waals surface area (Å²) in [6.07, 6.45) is 1.74. The number of ether oxygens (including phenoxy) is 1. The highest BCUT2D eigenvalue weighted by Crippen LogP contribution is 2.21. The van der Waals surface area contributed by atoms with Crippen molar-refractivity contribution in [2.24, 2.45) is 4.99 Å². The van der Waals surface area contributed by atoms with E-state index >= 15 is 0 Å². The molecule has 2 aromatic carbocycles. The Labute approximate surface area is 165 Å². The lowest BCUT2D eigenvalue weighted by atomic mass is 10.1. The van der Waals surface area contributed by atoms with E-state index in [0.717, 1.165) is 34.7 Å². The van der Waals surface area contributed by atoms with Crippen LogP contribution in [0.2, 0.25) is 0 Å². The molecule has 3 rings (SSSR count). The number of aliphatic imine (C=N–C) groups is 1. The number of methoxy groups -OCH3 is 1. The van der Waals surface area contributed by atoms with Gasteiger partial charge in [0.15, 0.2) is 11.7 Å². The Bertz CT molecular complexity index is 919. The van der Waals surface area contributed by atoms with Crippen molar-refractivity contribution >= 4 is 5.96 Å². The minimum absolute atomic E-state index is 0.448. The van der Waals surface area contributed by atoms with Gasteiger partial charge in [-0.3, -0.25) is 0 Å². The summed E-state index contributed by atoms with van der Waals surface area (Å²) >= 11 is 0. The van der Waals surface area contributed by atoms with Gasteiger partial charge in [0.2, 0.25) is 5.89 Å². The molecule has 0 saturated heterocycles. The summed E-state index contributed by atoms with van der Waals surface area (Å²) in [7, 11) is 1.68. The molecular formula is C22H26N4O2. The number of benzene rings is 2. The van der Waals surface area contributed by atoms with Crippen LogP contribution in [0, 0.1) is 6.92 Å². The largest absolute Gasteiger partial charge is 0.496 e. The van der Waals surface area contributed by atoms with Gasteiger partial charge >= 0.3 is 0 Å². The van der Waals surface area contributed by atoms with Gasteiger partial charge in [-0.25, -0.2) is 9.98 Å². The van der Waals surface area contributed by atoms with Crippen LogP contribution in [0.4, 0.5) is 0 Å². The maximum atomic E-state index is 5.83. The van der Waals surface area contributed by atoms with Crippen molar-refractivity contribution in [3.05, 3.63) is 71.7 Å². The number of aromatic nitrogens is 1. The highest BCUT2D eigenvalue weighted by Gasteiger charge is 2.08. The van der Waals surface area contributed by atoms with Gasteiger partial charge in [0.1, 0.15) is 5.75 Å². The standard InChI is InChI=1S/C22H26N4O2/c1-4-23-22(25-13-18-11-10-16(2)12-19(18)27-3)26-15-21-24-14-20(28-21)17-8-6-5-7-9-17/h5-12,14H,4,13,15H2,1-3H3,(H2,23,25,26). The molecule has 0 amide bonds. The molecule has 1 aromatic heterocycles. The Balaban J connectivity index is 1.65. The number of hydrogen-bond donors (Lipinski definition) is 2. The Morgan fingerprint density at radius 3 is 2.71 bits per heavy atom. The molecule has 0 aliphatic heterocycles. The van der Waals surface area contributed by atoms with E-state index in [2.05, 4.69) is 26.7 Å². The van der Waals surface area contributed by atoms with Crippen LogP contribution in [-0.4, -0.2) is 24.6 Å². The van der Waals surface area contributed by atoms with Crippen molar-refractivity contribution in [3.8, 4) is 17.1 Å². The fourth-order valence-electron chi connectivity index (χ4n) is 2.78. The summed E-state index contributed by atoms with van der Waals surface area (Å²) in [4.78, 5) is 9.00. The number of hydrogen-bond acceptors (Lipinski definition) is 4. The summed E-state index contributed by atoms with van der Waals surface area (Å²) < 4.78 is 11.3. The monoisotopic (exact) mass is 378 g/mol. The maximum absolute atomic E-state index is 5.83. The average Bonchev–Trinajstić information content (AvgIpc) is 3.20. The molecule has 0 spiro atoms. The number of oxazole rings is 1. The Morgan fingerprint density at radius 2 is 1.96 bits per heavy atom. The summed E-state index contributed by atoms with van der Waals surface area (Å²) in [6, 6.07) is 16.0. The Morgan fingerprint density at radius 1 is 1.14 bits per heavy atom. The van der Waals surface area contributed by atoms with Gasteiger partial charge in [-0.05, 0) is 25.5 Å². The molecule has 0 fully saturated rings. The van der Waals surface area contributed by atoms with Crippen LogP contribution < -0.4 is 15.4 Å². The first-order valence-electron chi connectivity index (χ1n) is 9.35. The molecule has 2 N–H and O–H groups in total. The van der Waals surface area contributed by atoms with Gasteiger partial charge in [0.25, 0.3) is 0 Å². The highest BCUT2D eigenvalue weighted by atomic mass is 16.5. The second-order valence-electron chi connectivity index (χ2n) is 6.35. The number of nitrogens with one attached hydrogen (secondary N) is 2. The lowest BCUT2D eigenvalue weighted by Crippen LogP contribution is -2.36. The molecule has 0 unspecified atom stereocenters. The van der Waals surface area contributed by atoms with Crippen molar-refractivity contribution in [2.75, 3.05) is 13.7 Å². The second kappa shape index (κ2) is 9.60. The SMILES string of the molecule is CCNC(=NCc1ccc(C)cc1OC)NCc1ncc(-c2ccccc2)o1. The summed E-state index contributed by atoms with van der Waals surface area (Å²) in [5.41, 5.74) is 3.20. The highest BCUT2D eigenvalue weighted by molar-refractivity contribution is 5.79.